The molecule has 0 saturated heterocycles. The highest BCUT2D eigenvalue weighted by Crippen LogP contribution is 2.28. The Morgan fingerprint density at radius 2 is 1.71 bits per heavy atom. The smallest absolute Gasteiger partial charge is 0.272 e. The number of hydrogen-bond donors (Lipinski definition) is 2. The molecule has 2 N–H and O–H groups in total. The van der Waals surface area contributed by atoms with Crippen LogP contribution < -0.4 is 15.5 Å². The number of para-hydroxylation sites is 1. The Balaban J connectivity index is 1.39. The van der Waals surface area contributed by atoms with E-state index in [9.17, 15) is 9.59 Å². The number of pyridine rings is 1. The Morgan fingerprint density at radius 3 is 2.49 bits per heavy atom. The summed E-state index contributed by atoms with van der Waals surface area (Å²) in [5.41, 5.74) is 7.72. The highest BCUT2D eigenvalue weighted by Gasteiger charge is 2.15. The van der Waals surface area contributed by atoms with Gasteiger partial charge in [-0.3, -0.25) is 9.59 Å². The summed E-state index contributed by atoms with van der Waals surface area (Å²) in [6.07, 6.45) is 1.52. The van der Waals surface area contributed by atoms with Crippen molar-refractivity contribution in [3.63, 3.8) is 0 Å². The normalized spacial score (nSPS) is 11.5. The van der Waals surface area contributed by atoms with Crippen LogP contribution >= 0.6 is 0 Å². The quantitative estimate of drug-likeness (QED) is 0.161. The largest absolute Gasteiger partial charge is 0.491 e. The molecule has 5 rings (SSSR count). The van der Waals surface area contributed by atoms with E-state index in [1.54, 1.807) is 38.1 Å². The minimum absolute atomic E-state index is 0.0369. The average molecular weight is 547 g/mol. The van der Waals surface area contributed by atoms with Crippen molar-refractivity contribution in [2.24, 2.45) is 5.10 Å². The van der Waals surface area contributed by atoms with Crippen molar-refractivity contribution in [2.45, 2.75) is 33.8 Å². The number of carbonyl (C=O) groups excluding carboxylic acids is 2. The lowest BCUT2D eigenvalue weighted by Crippen LogP contribution is -2.20. The zero-order chi connectivity index (χ0) is 28.9. The van der Waals surface area contributed by atoms with Crippen molar-refractivity contribution in [3.8, 4) is 17.0 Å². The summed E-state index contributed by atoms with van der Waals surface area (Å²) in [5, 5.41) is 7.95. The van der Waals surface area contributed by atoms with Gasteiger partial charge in [-0.2, -0.15) is 5.10 Å². The Morgan fingerprint density at radius 1 is 0.902 bits per heavy atom. The number of aryl methyl sites for hydroxylation is 1. The van der Waals surface area contributed by atoms with E-state index in [2.05, 4.69) is 15.8 Å². The molecule has 0 aliphatic carbocycles. The number of anilines is 1. The van der Waals surface area contributed by atoms with E-state index in [0.29, 0.717) is 39.5 Å². The minimum Gasteiger partial charge on any atom is -0.491 e. The predicted octanol–water partition coefficient (Wildman–Crippen LogP) is 7.00. The molecular weight excluding hydrogens is 516 g/mol. The molecular formula is C33H30N4O4. The first-order valence-corrected chi connectivity index (χ1v) is 13.3. The van der Waals surface area contributed by atoms with E-state index >= 15 is 0 Å². The molecule has 41 heavy (non-hydrogen) atoms. The van der Waals surface area contributed by atoms with Gasteiger partial charge in [0.25, 0.3) is 11.8 Å². The topological polar surface area (TPSA) is 106 Å². The molecule has 0 fully saturated rings. The van der Waals surface area contributed by atoms with Crippen molar-refractivity contribution in [1.29, 1.82) is 0 Å². The number of benzene rings is 3. The maximum atomic E-state index is 13.4. The van der Waals surface area contributed by atoms with Gasteiger partial charge in [-0.1, -0.05) is 42.5 Å². The minimum atomic E-state index is -0.362. The zero-order valence-corrected chi connectivity index (χ0v) is 23.3. The van der Waals surface area contributed by atoms with Crippen molar-refractivity contribution in [2.75, 3.05) is 5.32 Å². The SMILES string of the molecule is C/C(=N/NC(=O)c1cc(-c2cccc(OC(C)C)c2)nc2ccccc12)c1cccc(NC(=O)c2ccoc2C)c1. The predicted molar refractivity (Wildman–Crippen MR) is 160 cm³/mol. The zero-order valence-electron chi connectivity index (χ0n) is 23.3. The Hall–Kier alpha value is -5.24. The maximum absolute atomic E-state index is 13.4. The van der Waals surface area contributed by atoms with Crippen LogP contribution in [0.4, 0.5) is 5.69 Å². The monoisotopic (exact) mass is 546 g/mol. The second-order valence-electron chi connectivity index (χ2n) is 9.83. The number of rotatable bonds is 8. The van der Waals surface area contributed by atoms with Gasteiger partial charge in [-0.15, -0.1) is 0 Å². The highest BCUT2D eigenvalue weighted by atomic mass is 16.5. The van der Waals surface area contributed by atoms with Crippen molar-refractivity contribution in [3.05, 3.63) is 114 Å². The third-order valence-corrected chi connectivity index (χ3v) is 6.43. The molecule has 0 radical (unpaired) electrons. The fraction of sp³-hybridized carbons (Fsp3) is 0.152. The molecule has 0 atom stereocenters. The fourth-order valence-electron chi connectivity index (χ4n) is 4.41. The number of ether oxygens (including phenoxy) is 1. The van der Waals surface area contributed by atoms with Crippen LogP contribution in [0.1, 0.15) is 52.8 Å². The first-order valence-electron chi connectivity index (χ1n) is 13.3. The molecule has 0 spiro atoms. The summed E-state index contributed by atoms with van der Waals surface area (Å²) in [4.78, 5) is 30.8. The summed E-state index contributed by atoms with van der Waals surface area (Å²) in [6.45, 7) is 7.47. The lowest BCUT2D eigenvalue weighted by molar-refractivity contribution is 0.0955. The Labute approximate surface area is 238 Å². The van der Waals surface area contributed by atoms with E-state index in [1.165, 1.54) is 6.26 Å². The maximum Gasteiger partial charge on any atom is 0.272 e. The van der Waals surface area contributed by atoms with Crippen molar-refractivity contribution >= 4 is 34.1 Å². The molecule has 8 nitrogen and oxygen atoms in total. The molecule has 0 saturated carbocycles. The fourth-order valence-corrected chi connectivity index (χ4v) is 4.41. The molecule has 2 amide bonds. The number of nitrogens with zero attached hydrogens (tertiary/aromatic N) is 2. The summed E-state index contributed by atoms with van der Waals surface area (Å²) in [7, 11) is 0. The second kappa shape index (κ2) is 11.9. The van der Waals surface area contributed by atoms with Crippen LogP contribution in [0.25, 0.3) is 22.2 Å². The van der Waals surface area contributed by atoms with E-state index in [1.807, 2.05) is 74.5 Å². The molecule has 8 heteroatoms. The Kier molecular flexibility index (Phi) is 7.92. The van der Waals surface area contributed by atoms with Crippen molar-refractivity contribution < 1.29 is 18.7 Å². The van der Waals surface area contributed by atoms with E-state index < -0.39 is 0 Å². The van der Waals surface area contributed by atoms with Crippen molar-refractivity contribution in [1.82, 2.24) is 10.4 Å². The highest BCUT2D eigenvalue weighted by molar-refractivity contribution is 6.09. The van der Waals surface area contributed by atoms with Crippen LogP contribution in [-0.4, -0.2) is 28.6 Å². The molecule has 3 aromatic carbocycles. The molecule has 0 bridgehead atoms. The van der Waals surface area contributed by atoms with Gasteiger partial charge in [0.1, 0.15) is 11.5 Å². The van der Waals surface area contributed by atoms with Crippen LogP contribution in [0.5, 0.6) is 5.75 Å². The third-order valence-electron chi connectivity index (χ3n) is 6.43. The summed E-state index contributed by atoms with van der Waals surface area (Å²) >= 11 is 0. The van der Waals surface area contributed by atoms with Gasteiger partial charge < -0.3 is 14.5 Å². The first kappa shape index (κ1) is 27.3. The molecule has 2 aromatic heterocycles. The van der Waals surface area contributed by atoms with Gasteiger partial charge in [0.2, 0.25) is 0 Å². The van der Waals surface area contributed by atoms with Crippen LogP contribution in [0.15, 0.2) is 101 Å². The lowest BCUT2D eigenvalue weighted by atomic mass is 10.0. The molecule has 2 heterocycles. The van der Waals surface area contributed by atoms with E-state index in [-0.39, 0.29) is 17.9 Å². The molecule has 0 aliphatic heterocycles. The van der Waals surface area contributed by atoms with Gasteiger partial charge in [-0.05, 0) is 75.7 Å². The number of aromatic nitrogens is 1. The second-order valence-corrected chi connectivity index (χ2v) is 9.83. The third kappa shape index (κ3) is 6.33. The summed E-state index contributed by atoms with van der Waals surface area (Å²) < 4.78 is 11.1. The number of nitrogens with one attached hydrogen (secondary N) is 2. The van der Waals surface area contributed by atoms with E-state index in [0.717, 1.165) is 22.3 Å². The van der Waals surface area contributed by atoms with Crippen LogP contribution in [0.2, 0.25) is 0 Å². The van der Waals surface area contributed by atoms with E-state index in [4.69, 9.17) is 14.1 Å². The number of furan rings is 1. The standard InChI is InChI=1S/C33H30N4O4/c1-20(2)41-26-12-8-10-24(18-26)31-19-29(28-13-5-6-14-30(28)35-31)33(39)37-36-21(3)23-9-7-11-25(17-23)34-32(38)27-15-16-40-22(27)4/h5-20H,1-4H3,(H,34,38)(H,37,39)/b36-21-. The van der Waals surface area contributed by atoms with Crippen LogP contribution in [0.3, 0.4) is 0 Å². The molecule has 0 aliphatic rings. The van der Waals surface area contributed by atoms with Crippen LogP contribution in [0, 0.1) is 6.92 Å². The Bertz CT molecular complexity index is 1770. The first-order chi connectivity index (χ1) is 19.8. The van der Waals surface area contributed by atoms with Gasteiger partial charge >= 0.3 is 0 Å². The van der Waals surface area contributed by atoms with Gasteiger partial charge in [0.15, 0.2) is 0 Å². The van der Waals surface area contributed by atoms with Gasteiger partial charge in [0, 0.05) is 16.6 Å². The van der Waals surface area contributed by atoms with Crippen LogP contribution in [-0.2, 0) is 0 Å². The number of fused-ring (bicyclic) bond motifs is 1. The van der Waals surface area contributed by atoms with Gasteiger partial charge in [-0.25, -0.2) is 10.4 Å². The lowest BCUT2D eigenvalue weighted by Gasteiger charge is -2.12. The number of carbonyl (C=O) groups is 2. The average Bonchev–Trinajstić information content (AvgIpc) is 3.41. The molecule has 206 valence electrons. The van der Waals surface area contributed by atoms with Gasteiger partial charge in [0.05, 0.1) is 40.4 Å². The number of hydrazone groups is 1. The molecule has 0 unspecified atom stereocenters. The summed E-state index contributed by atoms with van der Waals surface area (Å²) in [6, 6.07) is 25.8. The molecule has 5 aromatic rings. The number of amides is 2. The number of hydrogen-bond acceptors (Lipinski definition) is 6. The summed E-state index contributed by atoms with van der Waals surface area (Å²) in [5.74, 6) is 0.649.